The minimum atomic E-state index is 0.413. The number of halogens is 1. The Balaban J connectivity index is 1.74. The fourth-order valence-corrected chi connectivity index (χ4v) is 2.51. The van der Waals surface area contributed by atoms with Crippen LogP contribution in [0.5, 0.6) is 5.75 Å². The van der Waals surface area contributed by atoms with Gasteiger partial charge >= 0.3 is 0 Å². The van der Waals surface area contributed by atoms with Crippen molar-refractivity contribution in [1.29, 1.82) is 0 Å². The van der Waals surface area contributed by atoms with Crippen molar-refractivity contribution in [2.45, 2.75) is 13.5 Å². The molecule has 0 spiro atoms. The predicted molar refractivity (Wildman–Crippen MR) is 99.6 cm³/mol. The van der Waals surface area contributed by atoms with Gasteiger partial charge in [0.15, 0.2) is 5.82 Å². The first-order valence-corrected chi connectivity index (χ1v) is 8.12. The van der Waals surface area contributed by atoms with E-state index < -0.39 is 0 Å². The van der Waals surface area contributed by atoms with Crippen molar-refractivity contribution in [2.24, 2.45) is 0 Å². The summed E-state index contributed by atoms with van der Waals surface area (Å²) in [6, 6.07) is 13.5. The van der Waals surface area contributed by atoms with Gasteiger partial charge in [-0.05, 0) is 36.2 Å². The Labute approximate surface area is 151 Å². The number of ether oxygens (including phenoxy) is 1. The third kappa shape index (κ3) is 4.36. The fourth-order valence-electron chi connectivity index (χ4n) is 2.31. The molecule has 0 aliphatic carbocycles. The van der Waals surface area contributed by atoms with Crippen LogP contribution in [-0.4, -0.2) is 22.3 Å². The lowest BCUT2D eigenvalue weighted by Crippen LogP contribution is -2.07. The molecule has 0 aliphatic rings. The number of benzene rings is 2. The molecule has 0 fully saturated rings. The van der Waals surface area contributed by atoms with Crippen molar-refractivity contribution in [3.63, 3.8) is 0 Å². The first-order chi connectivity index (χ1) is 12.2. The van der Waals surface area contributed by atoms with Crippen molar-refractivity contribution in [1.82, 2.24) is 15.2 Å². The number of hydrogen-bond acceptors (Lipinski definition) is 6. The van der Waals surface area contributed by atoms with Crippen LogP contribution in [0.1, 0.15) is 11.1 Å². The molecule has 0 unspecified atom stereocenters. The van der Waals surface area contributed by atoms with E-state index in [0.717, 1.165) is 22.6 Å². The highest BCUT2D eigenvalue weighted by Gasteiger charge is 2.07. The highest BCUT2D eigenvalue weighted by molar-refractivity contribution is 6.31. The SMILES string of the molecule is COc1ccc(C)cc1Nc1cnnc(NCc2ccccc2Cl)n1. The smallest absolute Gasteiger partial charge is 0.244 e. The van der Waals surface area contributed by atoms with E-state index in [2.05, 4.69) is 25.8 Å². The Morgan fingerprint density at radius 1 is 1.16 bits per heavy atom. The van der Waals surface area contributed by atoms with Crippen molar-refractivity contribution in [3.8, 4) is 5.75 Å². The minimum Gasteiger partial charge on any atom is -0.495 e. The molecule has 0 aliphatic heterocycles. The Morgan fingerprint density at radius 2 is 2.00 bits per heavy atom. The monoisotopic (exact) mass is 355 g/mol. The zero-order chi connectivity index (χ0) is 17.6. The summed E-state index contributed by atoms with van der Waals surface area (Å²) >= 11 is 6.15. The van der Waals surface area contributed by atoms with Gasteiger partial charge < -0.3 is 15.4 Å². The van der Waals surface area contributed by atoms with E-state index in [1.165, 1.54) is 0 Å². The molecular formula is C18H18ClN5O. The lowest BCUT2D eigenvalue weighted by Gasteiger charge is -2.12. The molecule has 0 amide bonds. The number of rotatable bonds is 6. The second-order valence-corrected chi connectivity index (χ2v) is 5.85. The zero-order valence-corrected chi connectivity index (χ0v) is 14.7. The summed E-state index contributed by atoms with van der Waals surface area (Å²) in [5.41, 5.74) is 2.90. The molecule has 7 heteroatoms. The summed E-state index contributed by atoms with van der Waals surface area (Å²) in [4.78, 5) is 4.42. The lowest BCUT2D eigenvalue weighted by atomic mass is 10.2. The number of hydrogen-bond donors (Lipinski definition) is 2. The molecule has 2 N–H and O–H groups in total. The van der Waals surface area contributed by atoms with Crippen LogP contribution in [0.2, 0.25) is 5.02 Å². The molecule has 25 heavy (non-hydrogen) atoms. The van der Waals surface area contributed by atoms with Crippen LogP contribution >= 0.6 is 11.6 Å². The molecule has 0 atom stereocenters. The van der Waals surface area contributed by atoms with Gasteiger partial charge in [0.1, 0.15) is 5.75 Å². The molecule has 6 nitrogen and oxygen atoms in total. The van der Waals surface area contributed by atoms with E-state index in [1.54, 1.807) is 13.3 Å². The first-order valence-electron chi connectivity index (χ1n) is 7.74. The Kier molecular flexibility index (Phi) is 5.30. The van der Waals surface area contributed by atoms with Crippen LogP contribution in [-0.2, 0) is 6.54 Å². The molecule has 0 bridgehead atoms. The Bertz CT molecular complexity index is 872. The van der Waals surface area contributed by atoms with Gasteiger partial charge in [-0.3, -0.25) is 0 Å². The molecule has 3 rings (SSSR count). The fraction of sp³-hybridized carbons (Fsp3) is 0.167. The second-order valence-electron chi connectivity index (χ2n) is 5.44. The zero-order valence-electron chi connectivity index (χ0n) is 14.0. The largest absolute Gasteiger partial charge is 0.495 e. The van der Waals surface area contributed by atoms with Crippen LogP contribution in [0.15, 0.2) is 48.7 Å². The standard InChI is InChI=1S/C18H18ClN5O/c1-12-7-8-16(25-2)15(9-12)22-17-11-21-24-18(23-17)20-10-13-5-3-4-6-14(13)19/h3-9,11H,10H2,1-2H3,(H2,20,22,23,24). The number of aromatic nitrogens is 3. The number of nitrogens with zero attached hydrogens (tertiary/aromatic N) is 3. The van der Waals surface area contributed by atoms with Crippen LogP contribution in [0, 0.1) is 6.92 Å². The highest BCUT2D eigenvalue weighted by atomic mass is 35.5. The van der Waals surface area contributed by atoms with E-state index in [-0.39, 0.29) is 0 Å². The number of nitrogens with one attached hydrogen (secondary N) is 2. The van der Waals surface area contributed by atoms with E-state index in [4.69, 9.17) is 16.3 Å². The molecule has 3 aromatic rings. The van der Waals surface area contributed by atoms with Crippen LogP contribution in [0.25, 0.3) is 0 Å². The van der Waals surface area contributed by atoms with Gasteiger partial charge in [-0.15, -0.1) is 5.10 Å². The maximum Gasteiger partial charge on any atom is 0.244 e. The number of aryl methyl sites for hydroxylation is 1. The molecule has 0 saturated heterocycles. The molecule has 1 aromatic heterocycles. The topological polar surface area (TPSA) is 72.0 Å². The molecule has 0 radical (unpaired) electrons. The first kappa shape index (κ1) is 17.0. The normalized spacial score (nSPS) is 10.4. The van der Waals surface area contributed by atoms with Crippen molar-refractivity contribution in [2.75, 3.05) is 17.7 Å². The van der Waals surface area contributed by atoms with Gasteiger partial charge in [0, 0.05) is 11.6 Å². The summed E-state index contributed by atoms with van der Waals surface area (Å²) in [6.07, 6.45) is 1.56. The van der Waals surface area contributed by atoms with Crippen molar-refractivity contribution >= 4 is 29.1 Å². The van der Waals surface area contributed by atoms with Gasteiger partial charge in [0.25, 0.3) is 0 Å². The van der Waals surface area contributed by atoms with E-state index in [0.29, 0.717) is 23.3 Å². The Hall–Kier alpha value is -2.86. The van der Waals surface area contributed by atoms with E-state index in [9.17, 15) is 0 Å². The van der Waals surface area contributed by atoms with Gasteiger partial charge in [-0.25, -0.2) is 0 Å². The van der Waals surface area contributed by atoms with E-state index in [1.807, 2.05) is 49.4 Å². The third-order valence-electron chi connectivity index (χ3n) is 3.57. The maximum absolute atomic E-state index is 6.15. The summed E-state index contributed by atoms with van der Waals surface area (Å²) in [6.45, 7) is 2.53. The average molecular weight is 356 g/mol. The van der Waals surface area contributed by atoms with Crippen LogP contribution in [0.3, 0.4) is 0 Å². The number of anilines is 3. The molecule has 2 aromatic carbocycles. The molecule has 0 saturated carbocycles. The quantitative estimate of drug-likeness (QED) is 0.690. The van der Waals surface area contributed by atoms with E-state index >= 15 is 0 Å². The number of methoxy groups -OCH3 is 1. The van der Waals surface area contributed by atoms with Gasteiger partial charge in [0.2, 0.25) is 5.95 Å². The Morgan fingerprint density at radius 3 is 2.80 bits per heavy atom. The lowest BCUT2D eigenvalue weighted by molar-refractivity contribution is 0.416. The van der Waals surface area contributed by atoms with Gasteiger partial charge in [-0.1, -0.05) is 35.9 Å². The molecule has 128 valence electrons. The molecular weight excluding hydrogens is 338 g/mol. The summed E-state index contributed by atoms with van der Waals surface area (Å²) in [5, 5.41) is 15.0. The minimum absolute atomic E-state index is 0.413. The van der Waals surface area contributed by atoms with Gasteiger partial charge in [-0.2, -0.15) is 10.1 Å². The highest BCUT2D eigenvalue weighted by Crippen LogP contribution is 2.27. The summed E-state index contributed by atoms with van der Waals surface area (Å²) in [7, 11) is 1.63. The van der Waals surface area contributed by atoms with Gasteiger partial charge in [0.05, 0.1) is 19.0 Å². The second kappa shape index (κ2) is 7.81. The summed E-state index contributed by atoms with van der Waals surface area (Å²) < 4.78 is 5.36. The summed E-state index contributed by atoms with van der Waals surface area (Å²) in [5.74, 6) is 1.71. The predicted octanol–water partition coefficient (Wildman–Crippen LogP) is 4.20. The average Bonchev–Trinajstić information content (AvgIpc) is 2.62. The van der Waals surface area contributed by atoms with Crippen LogP contribution in [0.4, 0.5) is 17.5 Å². The van der Waals surface area contributed by atoms with Crippen LogP contribution < -0.4 is 15.4 Å². The van der Waals surface area contributed by atoms with Crippen molar-refractivity contribution < 1.29 is 4.74 Å². The molecule has 1 heterocycles. The van der Waals surface area contributed by atoms with Crippen molar-refractivity contribution in [3.05, 3.63) is 64.8 Å². The third-order valence-corrected chi connectivity index (χ3v) is 3.94. The maximum atomic E-state index is 6.15.